The summed E-state index contributed by atoms with van der Waals surface area (Å²) < 4.78 is 5.50. The van der Waals surface area contributed by atoms with E-state index < -0.39 is 6.10 Å². The van der Waals surface area contributed by atoms with Crippen molar-refractivity contribution in [2.75, 3.05) is 32.5 Å². The zero-order chi connectivity index (χ0) is 12.4. The second-order valence-electron chi connectivity index (χ2n) is 4.37. The molecular weight excluding hydrogens is 218 g/mol. The molecule has 0 aliphatic carbocycles. The first-order valence-electron chi connectivity index (χ1n) is 5.65. The monoisotopic (exact) mass is 235 g/mol. The number of likely N-dealkylation sites (N-methyl/N-ethyl adjacent to an activating group) is 1. The SMILES string of the molecule is Cc1ccnc(N)c1C(=O)C1CN(C)CCO1. The zero-order valence-electron chi connectivity index (χ0n) is 10.1. The Bertz CT molecular complexity index is 414. The molecule has 2 N–H and O–H groups in total. The van der Waals surface area contributed by atoms with Gasteiger partial charge in [0.1, 0.15) is 11.9 Å². The van der Waals surface area contributed by atoms with Crippen molar-refractivity contribution >= 4 is 11.6 Å². The van der Waals surface area contributed by atoms with Crippen LogP contribution in [0.2, 0.25) is 0 Å². The Morgan fingerprint density at radius 1 is 1.65 bits per heavy atom. The molecule has 2 rings (SSSR count). The number of nitrogens with two attached hydrogens (primary N) is 1. The molecule has 0 spiro atoms. The number of hydrogen-bond acceptors (Lipinski definition) is 5. The van der Waals surface area contributed by atoms with Crippen LogP contribution in [-0.4, -0.2) is 48.5 Å². The molecule has 1 aromatic rings. The smallest absolute Gasteiger partial charge is 0.196 e. The van der Waals surface area contributed by atoms with Gasteiger partial charge in [0.05, 0.1) is 12.2 Å². The first kappa shape index (κ1) is 12.0. The van der Waals surface area contributed by atoms with Crippen molar-refractivity contribution < 1.29 is 9.53 Å². The highest BCUT2D eigenvalue weighted by Gasteiger charge is 2.28. The summed E-state index contributed by atoms with van der Waals surface area (Å²) >= 11 is 0. The number of ketones is 1. The Labute approximate surface area is 101 Å². The van der Waals surface area contributed by atoms with Crippen LogP contribution in [0.3, 0.4) is 0 Å². The zero-order valence-corrected chi connectivity index (χ0v) is 10.1. The third-order valence-electron chi connectivity index (χ3n) is 3.00. The first-order valence-corrected chi connectivity index (χ1v) is 5.65. The minimum absolute atomic E-state index is 0.0698. The summed E-state index contributed by atoms with van der Waals surface area (Å²) in [4.78, 5) is 18.4. The van der Waals surface area contributed by atoms with Crippen LogP contribution in [0.5, 0.6) is 0 Å². The van der Waals surface area contributed by atoms with Gasteiger partial charge in [-0.1, -0.05) is 0 Å². The van der Waals surface area contributed by atoms with Crippen LogP contribution >= 0.6 is 0 Å². The largest absolute Gasteiger partial charge is 0.383 e. The van der Waals surface area contributed by atoms with Crippen molar-refractivity contribution in [1.82, 2.24) is 9.88 Å². The number of pyridine rings is 1. The quantitative estimate of drug-likeness (QED) is 0.755. The van der Waals surface area contributed by atoms with E-state index in [4.69, 9.17) is 10.5 Å². The predicted octanol–water partition coefficient (Wildman–Crippen LogP) is 0.486. The van der Waals surface area contributed by atoms with Crippen LogP contribution < -0.4 is 5.73 Å². The van der Waals surface area contributed by atoms with Gasteiger partial charge in [-0.2, -0.15) is 0 Å². The average molecular weight is 235 g/mol. The van der Waals surface area contributed by atoms with Crippen molar-refractivity contribution in [3.05, 3.63) is 23.4 Å². The van der Waals surface area contributed by atoms with Crippen LogP contribution in [0, 0.1) is 6.92 Å². The molecule has 0 bridgehead atoms. The third-order valence-corrected chi connectivity index (χ3v) is 3.00. The molecule has 0 amide bonds. The van der Waals surface area contributed by atoms with E-state index in [1.165, 1.54) is 0 Å². The number of hydrogen-bond donors (Lipinski definition) is 1. The summed E-state index contributed by atoms with van der Waals surface area (Å²) in [5.41, 5.74) is 7.10. The molecule has 1 aliphatic heterocycles. The molecule has 1 aliphatic rings. The lowest BCUT2D eigenvalue weighted by molar-refractivity contribution is -0.00862. The van der Waals surface area contributed by atoms with Gasteiger partial charge in [-0.25, -0.2) is 4.98 Å². The normalized spacial score (nSPS) is 21.4. The molecule has 2 heterocycles. The Balaban J connectivity index is 2.24. The Morgan fingerprint density at radius 2 is 2.41 bits per heavy atom. The molecule has 1 fully saturated rings. The summed E-state index contributed by atoms with van der Waals surface area (Å²) in [6.45, 7) is 3.89. The van der Waals surface area contributed by atoms with E-state index in [9.17, 15) is 4.79 Å². The van der Waals surface area contributed by atoms with Gasteiger partial charge in [-0.3, -0.25) is 4.79 Å². The van der Waals surface area contributed by atoms with E-state index in [0.717, 1.165) is 12.1 Å². The number of ether oxygens (including phenoxy) is 1. The molecule has 1 aromatic heterocycles. The van der Waals surface area contributed by atoms with Gasteiger partial charge >= 0.3 is 0 Å². The fourth-order valence-corrected chi connectivity index (χ4v) is 2.00. The van der Waals surface area contributed by atoms with Gasteiger partial charge in [-0.05, 0) is 25.6 Å². The highest BCUT2D eigenvalue weighted by atomic mass is 16.5. The van der Waals surface area contributed by atoms with Crippen molar-refractivity contribution in [2.45, 2.75) is 13.0 Å². The van der Waals surface area contributed by atoms with E-state index in [2.05, 4.69) is 9.88 Å². The molecule has 92 valence electrons. The molecule has 1 atom stereocenters. The van der Waals surface area contributed by atoms with Crippen LogP contribution in [0.4, 0.5) is 5.82 Å². The minimum atomic E-state index is -0.432. The number of morpholine rings is 1. The Hall–Kier alpha value is -1.46. The van der Waals surface area contributed by atoms with Gasteiger partial charge < -0.3 is 15.4 Å². The van der Waals surface area contributed by atoms with E-state index in [-0.39, 0.29) is 11.6 Å². The highest BCUT2D eigenvalue weighted by Crippen LogP contribution is 2.18. The lowest BCUT2D eigenvalue weighted by Gasteiger charge is -2.29. The second-order valence-corrected chi connectivity index (χ2v) is 4.37. The van der Waals surface area contributed by atoms with E-state index >= 15 is 0 Å². The minimum Gasteiger partial charge on any atom is -0.383 e. The lowest BCUT2D eigenvalue weighted by Crippen LogP contribution is -2.44. The number of Topliss-reactive ketones (excluding diaryl/α,β-unsaturated/α-hetero) is 1. The highest BCUT2D eigenvalue weighted by molar-refractivity contribution is 6.04. The summed E-state index contributed by atoms with van der Waals surface area (Å²) in [6.07, 6.45) is 1.17. The van der Waals surface area contributed by atoms with Gasteiger partial charge in [0.2, 0.25) is 0 Å². The van der Waals surface area contributed by atoms with Crippen molar-refractivity contribution in [1.29, 1.82) is 0 Å². The number of aromatic nitrogens is 1. The Morgan fingerprint density at radius 3 is 3.06 bits per heavy atom. The molecule has 5 heteroatoms. The maximum atomic E-state index is 12.3. The molecule has 17 heavy (non-hydrogen) atoms. The first-order chi connectivity index (χ1) is 8.09. The van der Waals surface area contributed by atoms with Crippen molar-refractivity contribution in [3.63, 3.8) is 0 Å². The third kappa shape index (κ3) is 2.45. The summed E-state index contributed by atoms with van der Waals surface area (Å²) in [7, 11) is 1.97. The van der Waals surface area contributed by atoms with Gasteiger partial charge in [0.25, 0.3) is 0 Å². The number of aryl methyl sites for hydroxylation is 1. The fraction of sp³-hybridized carbons (Fsp3) is 0.500. The molecule has 5 nitrogen and oxygen atoms in total. The molecule has 0 radical (unpaired) electrons. The number of rotatable bonds is 2. The van der Waals surface area contributed by atoms with Crippen molar-refractivity contribution in [3.8, 4) is 0 Å². The maximum absolute atomic E-state index is 12.3. The topological polar surface area (TPSA) is 68.5 Å². The number of carbonyl (C=O) groups is 1. The average Bonchev–Trinajstić information content (AvgIpc) is 2.28. The number of carbonyl (C=O) groups excluding carboxylic acids is 1. The van der Waals surface area contributed by atoms with E-state index in [1.54, 1.807) is 12.3 Å². The van der Waals surface area contributed by atoms with Gasteiger partial charge in [-0.15, -0.1) is 0 Å². The van der Waals surface area contributed by atoms with Gasteiger partial charge in [0, 0.05) is 19.3 Å². The van der Waals surface area contributed by atoms with Crippen molar-refractivity contribution in [2.24, 2.45) is 0 Å². The van der Waals surface area contributed by atoms with Crippen LogP contribution in [-0.2, 0) is 4.74 Å². The Kier molecular flexibility index (Phi) is 3.40. The number of nitrogen functional groups attached to an aromatic ring is 1. The standard InChI is InChI=1S/C12H17N3O2/c1-8-3-4-14-12(13)10(8)11(16)9-7-15(2)5-6-17-9/h3-4,9H,5-7H2,1-2H3,(H2,13,14). The molecule has 1 unspecified atom stereocenters. The number of anilines is 1. The molecular formula is C12H17N3O2. The van der Waals surface area contributed by atoms with E-state index in [0.29, 0.717) is 18.7 Å². The summed E-state index contributed by atoms with van der Waals surface area (Å²) in [5.74, 6) is 0.214. The van der Waals surface area contributed by atoms with Crippen LogP contribution in [0.25, 0.3) is 0 Å². The number of nitrogens with zero attached hydrogens (tertiary/aromatic N) is 2. The van der Waals surface area contributed by atoms with Gasteiger partial charge in [0.15, 0.2) is 5.78 Å². The lowest BCUT2D eigenvalue weighted by atomic mass is 10.0. The summed E-state index contributed by atoms with van der Waals surface area (Å²) in [6, 6.07) is 1.79. The van der Waals surface area contributed by atoms with Crippen LogP contribution in [0.15, 0.2) is 12.3 Å². The maximum Gasteiger partial charge on any atom is 0.196 e. The fourth-order valence-electron chi connectivity index (χ4n) is 2.00. The van der Waals surface area contributed by atoms with E-state index in [1.807, 2.05) is 14.0 Å². The molecule has 1 saturated heterocycles. The molecule has 0 aromatic carbocycles. The van der Waals surface area contributed by atoms with Crippen LogP contribution in [0.1, 0.15) is 15.9 Å². The molecule has 0 saturated carbocycles. The predicted molar refractivity (Wildman–Crippen MR) is 65.0 cm³/mol. The summed E-state index contributed by atoms with van der Waals surface area (Å²) in [5, 5.41) is 0. The second kappa shape index (κ2) is 4.81.